The van der Waals surface area contributed by atoms with Gasteiger partial charge in [-0.3, -0.25) is 4.79 Å². The van der Waals surface area contributed by atoms with Gasteiger partial charge in [-0.05, 0) is 75.4 Å². The fraction of sp³-hybridized carbons (Fsp3) is 0.167. The van der Waals surface area contributed by atoms with Gasteiger partial charge >= 0.3 is 6.03 Å². The molecule has 0 bridgehead atoms. The van der Waals surface area contributed by atoms with E-state index in [0.29, 0.717) is 22.6 Å². The molecule has 0 atom stereocenters. The number of nitrogens with one attached hydrogen (secondary N) is 4. The zero-order valence-corrected chi connectivity index (χ0v) is 19.4. The first kappa shape index (κ1) is 24.0. The monoisotopic (exact) mass is 466 g/mol. The molecule has 0 spiro atoms. The summed E-state index contributed by atoms with van der Waals surface area (Å²) in [6.45, 7) is 5.25. The summed E-state index contributed by atoms with van der Waals surface area (Å²) in [6.07, 6.45) is 0. The van der Waals surface area contributed by atoms with E-state index < -0.39 is 27.5 Å². The van der Waals surface area contributed by atoms with Gasteiger partial charge in [0.1, 0.15) is 0 Å². The van der Waals surface area contributed by atoms with Crippen LogP contribution in [0.2, 0.25) is 0 Å². The van der Waals surface area contributed by atoms with Crippen molar-refractivity contribution < 1.29 is 18.0 Å². The van der Waals surface area contributed by atoms with Crippen LogP contribution in [0.4, 0.5) is 21.9 Å². The molecule has 0 fully saturated rings. The Morgan fingerprint density at radius 1 is 0.697 bits per heavy atom. The van der Waals surface area contributed by atoms with Crippen molar-refractivity contribution >= 4 is 39.0 Å². The highest BCUT2D eigenvalue weighted by Gasteiger charge is 2.22. The highest BCUT2D eigenvalue weighted by atomic mass is 32.2. The maximum Gasteiger partial charge on any atom is 0.323 e. The Morgan fingerprint density at radius 3 is 1.85 bits per heavy atom. The van der Waals surface area contributed by atoms with Crippen molar-refractivity contribution in [2.45, 2.75) is 31.2 Å². The second kappa shape index (κ2) is 9.85. The number of anilines is 3. The average molecular weight is 467 g/mol. The number of amides is 3. The van der Waals surface area contributed by atoms with Crippen LogP contribution in [-0.2, 0) is 10.0 Å². The topological polar surface area (TPSA) is 116 Å². The number of carbonyl (C=O) groups excluding carboxylic acids is 2. The molecule has 172 valence electrons. The molecule has 3 rings (SSSR count). The average Bonchev–Trinajstić information content (AvgIpc) is 2.73. The molecule has 0 aliphatic rings. The molecule has 0 saturated carbocycles. The van der Waals surface area contributed by atoms with Crippen LogP contribution in [-0.4, -0.2) is 25.9 Å². The number of hydrogen-bond acceptors (Lipinski definition) is 4. The molecule has 0 aliphatic carbocycles. The van der Waals surface area contributed by atoms with Crippen LogP contribution < -0.4 is 20.7 Å². The van der Waals surface area contributed by atoms with E-state index in [2.05, 4.69) is 20.7 Å². The fourth-order valence-electron chi connectivity index (χ4n) is 2.94. The largest absolute Gasteiger partial charge is 0.323 e. The summed E-state index contributed by atoms with van der Waals surface area (Å²) < 4.78 is 27.4. The third-order valence-electron chi connectivity index (χ3n) is 4.28. The predicted molar refractivity (Wildman–Crippen MR) is 130 cm³/mol. The number of rotatable bonds is 6. The van der Waals surface area contributed by atoms with Gasteiger partial charge in [-0.1, -0.05) is 24.3 Å². The molecule has 0 aliphatic heterocycles. The van der Waals surface area contributed by atoms with Gasteiger partial charge in [-0.15, -0.1) is 0 Å². The highest BCUT2D eigenvalue weighted by molar-refractivity contribution is 7.89. The number of sulfonamides is 1. The summed E-state index contributed by atoms with van der Waals surface area (Å²) in [6, 6.07) is 21.0. The number of hydrogen-bond donors (Lipinski definition) is 4. The Morgan fingerprint density at radius 2 is 1.24 bits per heavy atom. The summed E-state index contributed by atoms with van der Waals surface area (Å²) in [7, 11) is -3.69. The van der Waals surface area contributed by atoms with Crippen molar-refractivity contribution in [3.63, 3.8) is 0 Å². The summed E-state index contributed by atoms with van der Waals surface area (Å²) in [4.78, 5) is 24.8. The molecule has 0 unspecified atom stereocenters. The maximum absolute atomic E-state index is 12.6. The minimum Gasteiger partial charge on any atom is -0.322 e. The molecule has 0 heterocycles. The van der Waals surface area contributed by atoms with Gasteiger partial charge in [0.2, 0.25) is 10.0 Å². The normalized spacial score (nSPS) is 11.5. The number of carbonyl (C=O) groups is 2. The molecule has 3 aromatic carbocycles. The van der Waals surface area contributed by atoms with Crippen LogP contribution >= 0.6 is 0 Å². The van der Waals surface area contributed by atoms with Crippen molar-refractivity contribution in [1.29, 1.82) is 0 Å². The van der Waals surface area contributed by atoms with Gasteiger partial charge in [-0.25, -0.2) is 17.9 Å². The first-order valence-corrected chi connectivity index (χ1v) is 11.7. The molecule has 4 N–H and O–H groups in total. The third-order valence-corrected chi connectivity index (χ3v) is 6.05. The van der Waals surface area contributed by atoms with Crippen molar-refractivity contribution in [2.75, 3.05) is 16.0 Å². The van der Waals surface area contributed by atoms with Crippen LogP contribution in [0.15, 0.2) is 83.8 Å². The number of benzene rings is 3. The minimum absolute atomic E-state index is 0.0737. The van der Waals surface area contributed by atoms with Crippen molar-refractivity contribution in [2.24, 2.45) is 0 Å². The van der Waals surface area contributed by atoms with Crippen molar-refractivity contribution in [3.8, 4) is 0 Å². The lowest BCUT2D eigenvalue weighted by Gasteiger charge is -2.20. The Hall–Kier alpha value is -3.69. The number of para-hydroxylation sites is 1. The van der Waals surface area contributed by atoms with Gasteiger partial charge in [0.25, 0.3) is 5.91 Å². The van der Waals surface area contributed by atoms with E-state index in [1.54, 1.807) is 57.2 Å². The van der Waals surface area contributed by atoms with Crippen LogP contribution in [0.5, 0.6) is 0 Å². The maximum atomic E-state index is 12.6. The third kappa shape index (κ3) is 7.16. The van der Waals surface area contributed by atoms with E-state index in [4.69, 9.17) is 0 Å². The van der Waals surface area contributed by atoms with Crippen LogP contribution in [0.25, 0.3) is 0 Å². The molecule has 33 heavy (non-hydrogen) atoms. The van der Waals surface area contributed by atoms with E-state index in [9.17, 15) is 18.0 Å². The lowest BCUT2D eigenvalue weighted by atomic mass is 10.1. The van der Waals surface area contributed by atoms with E-state index in [1.165, 1.54) is 24.3 Å². The van der Waals surface area contributed by atoms with Crippen molar-refractivity contribution in [3.05, 3.63) is 84.4 Å². The van der Waals surface area contributed by atoms with Gasteiger partial charge in [0.15, 0.2) is 0 Å². The second-order valence-electron chi connectivity index (χ2n) is 8.36. The van der Waals surface area contributed by atoms with Gasteiger partial charge < -0.3 is 16.0 Å². The van der Waals surface area contributed by atoms with E-state index in [-0.39, 0.29) is 4.90 Å². The summed E-state index contributed by atoms with van der Waals surface area (Å²) in [5.41, 5.74) is 1.30. The van der Waals surface area contributed by atoms with E-state index in [1.807, 2.05) is 18.2 Å². The molecule has 0 aromatic heterocycles. The Bertz CT molecular complexity index is 1240. The molecular weight excluding hydrogens is 440 g/mol. The first-order chi connectivity index (χ1) is 15.5. The summed E-state index contributed by atoms with van der Waals surface area (Å²) >= 11 is 0. The summed E-state index contributed by atoms with van der Waals surface area (Å²) in [5, 5.41) is 8.17. The van der Waals surface area contributed by atoms with Crippen LogP contribution in [0.3, 0.4) is 0 Å². The van der Waals surface area contributed by atoms with E-state index in [0.717, 1.165) is 0 Å². The smallest absolute Gasteiger partial charge is 0.322 e. The van der Waals surface area contributed by atoms with Crippen LogP contribution in [0, 0.1) is 0 Å². The molecule has 9 heteroatoms. The molecule has 0 saturated heterocycles. The standard InChI is InChI=1S/C24H26N4O4S/c1-24(2,3)28-33(31,32)21-14-12-17(13-15-21)22(29)25-19-10-7-11-20(16-19)27-23(30)26-18-8-5-4-6-9-18/h4-16,28H,1-3H3,(H,25,29)(H2,26,27,30). The zero-order valence-electron chi connectivity index (χ0n) is 18.5. The lowest BCUT2D eigenvalue weighted by Crippen LogP contribution is -2.40. The quantitative estimate of drug-likeness (QED) is 0.423. The van der Waals surface area contributed by atoms with Gasteiger partial charge in [-0.2, -0.15) is 0 Å². The molecular formula is C24H26N4O4S. The van der Waals surface area contributed by atoms with E-state index >= 15 is 0 Å². The molecule has 3 amide bonds. The van der Waals surface area contributed by atoms with Crippen molar-refractivity contribution in [1.82, 2.24) is 4.72 Å². The van der Waals surface area contributed by atoms with Gasteiger partial charge in [0, 0.05) is 28.2 Å². The van der Waals surface area contributed by atoms with Gasteiger partial charge in [0.05, 0.1) is 4.90 Å². The fourth-order valence-corrected chi connectivity index (χ4v) is 4.36. The zero-order chi connectivity index (χ0) is 24.1. The Labute approximate surface area is 193 Å². The molecule has 3 aromatic rings. The molecule has 0 radical (unpaired) electrons. The van der Waals surface area contributed by atoms with Crippen LogP contribution in [0.1, 0.15) is 31.1 Å². The SMILES string of the molecule is CC(C)(C)NS(=O)(=O)c1ccc(C(=O)Nc2cccc(NC(=O)Nc3ccccc3)c2)cc1. The Kier molecular flexibility index (Phi) is 7.15. The molecule has 8 nitrogen and oxygen atoms in total. The first-order valence-electron chi connectivity index (χ1n) is 10.2. The number of urea groups is 1. The Balaban J connectivity index is 1.64. The summed E-state index contributed by atoms with van der Waals surface area (Å²) in [5.74, 6) is -0.409. The highest BCUT2D eigenvalue weighted by Crippen LogP contribution is 2.18. The second-order valence-corrected chi connectivity index (χ2v) is 10.0. The minimum atomic E-state index is -3.69. The lowest BCUT2D eigenvalue weighted by molar-refractivity contribution is 0.102. The predicted octanol–water partition coefficient (Wildman–Crippen LogP) is 4.66.